The summed E-state index contributed by atoms with van der Waals surface area (Å²) in [6.45, 7) is 0. The van der Waals surface area contributed by atoms with Gasteiger partial charge in [0.1, 0.15) is 0 Å². The van der Waals surface area contributed by atoms with Crippen molar-refractivity contribution in [2.45, 2.75) is 0 Å². The zero-order chi connectivity index (χ0) is 3.41. The summed E-state index contributed by atoms with van der Waals surface area (Å²) < 4.78 is 4.43. The van der Waals surface area contributed by atoms with Crippen molar-refractivity contribution < 1.29 is 4.52 Å². The maximum atomic E-state index is 4.43. The van der Waals surface area contributed by atoms with Gasteiger partial charge in [-0.15, -0.1) is 12.2 Å². The quantitative estimate of drug-likeness (QED) is 0.379. The molecule has 0 heterocycles. The third kappa shape index (κ3) is 2.74. The molecule has 0 N–H and O–H groups in total. The molecule has 0 radical (unpaired) electrons. The van der Waals surface area contributed by atoms with Gasteiger partial charge in [-0.2, -0.15) is 0 Å². The summed E-state index contributed by atoms with van der Waals surface area (Å²) in [5.41, 5.74) is 0. The van der Waals surface area contributed by atoms with E-state index in [4.69, 9.17) is 0 Å². The lowest BCUT2D eigenvalue weighted by atomic mass is 11.8. The Morgan fingerprint density at radius 1 is 2.00 bits per heavy atom. The Bertz CT molecular complexity index is 10.0. The van der Waals surface area contributed by atoms with Gasteiger partial charge in [-0.1, -0.05) is 0 Å². The Kier molecular flexibility index (Phi) is 4.43. The number of hydrogen-bond acceptors (Lipinski definition) is 2. The standard InChI is InChI=1S/CH5OPS/c1-2-3-4/h3-4H,1H3. The van der Waals surface area contributed by atoms with E-state index in [2.05, 4.69) is 16.8 Å². The molecule has 0 aromatic rings. The van der Waals surface area contributed by atoms with Crippen molar-refractivity contribution in [3.05, 3.63) is 0 Å². The van der Waals surface area contributed by atoms with Crippen molar-refractivity contribution in [3.8, 4) is 0 Å². The first-order chi connectivity index (χ1) is 1.91. The van der Waals surface area contributed by atoms with Gasteiger partial charge in [0, 0.05) is 7.11 Å². The molecule has 0 aliphatic carbocycles. The first-order valence-corrected chi connectivity index (χ1v) is 3.03. The molecule has 0 saturated carbocycles. The minimum absolute atomic E-state index is 0.335. The molecule has 4 heavy (non-hydrogen) atoms. The van der Waals surface area contributed by atoms with E-state index in [1.165, 1.54) is 0 Å². The Morgan fingerprint density at radius 3 is 2.25 bits per heavy atom. The highest BCUT2D eigenvalue weighted by Crippen LogP contribution is 2.12. The molecule has 0 aliphatic heterocycles. The molecule has 3 heteroatoms. The molecular formula is CH5OPS. The first kappa shape index (κ1) is 4.74. The molecule has 0 aromatic heterocycles. The van der Waals surface area contributed by atoms with E-state index in [1.54, 1.807) is 7.11 Å². The predicted octanol–water partition coefficient (Wildman–Crippen LogP) is 1.07. The van der Waals surface area contributed by atoms with Crippen molar-refractivity contribution in [2.75, 3.05) is 7.11 Å². The fourth-order valence-electron chi connectivity index (χ4n) is 0. The van der Waals surface area contributed by atoms with Gasteiger partial charge < -0.3 is 4.52 Å². The monoisotopic (exact) mass is 96.0 g/mol. The summed E-state index contributed by atoms with van der Waals surface area (Å²) in [5.74, 6) is 0. The van der Waals surface area contributed by atoms with Crippen molar-refractivity contribution >= 4 is 20.3 Å². The van der Waals surface area contributed by atoms with E-state index in [9.17, 15) is 0 Å². The minimum Gasteiger partial charge on any atom is -0.355 e. The zero-order valence-electron chi connectivity index (χ0n) is 2.36. The average Bonchev–Trinajstić information content (AvgIpc) is 1.37. The van der Waals surface area contributed by atoms with Gasteiger partial charge in [0.25, 0.3) is 0 Å². The van der Waals surface area contributed by atoms with Crippen LogP contribution in [0.5, 0.6) is 0 Å². The smallest absolute Gasteiger partial charge is 0.0709 e. The van der Waals surface area contributed by atoms with Crippen molar-refractivity contribution in [1.82, 2.24) is 0 Å². The second kappa shape index (κ2) is 3.74. The molecule has 0 aliphatic rings. The van der Waals surface area contributed by atoms with E-state index < -0.39 is 0 Å². The molecule has 1 atom stereocenters. The molecule has 0 fully saturated rings. The van der Waals surface area contributed by atoms with E-state index in [0.717, 1.165) is 0 Å². The molecule has 26 valence electrons. The van der Waals surface area contributed by atoms with Crippen LogP contribution in [-0.2, 0) is 4.52 Å². The van der Waals surface area contributed by atoms with Crippen LogP contribution in [0.4, 0.5) is 0 Å². The topological polar surface area (TPSA) is 9.23 Å². The van der Waals surface area contributed by atoms with Crippen LogP contribution in [0.3, 0.4) is 0 Å². The summed E-state index contributed by atoms with van der Waals surface area (Å²) in [7, 11) is 1.95. The molecule has 1 unspecified atom stereocenters. The van der Waals surface area contributed by atoms with Crippen molar-refractivity contribution in [1.29, 1.82) is 0 Å². The summed E-state index contributed by atoms with van der Waals surface area (Å²) >= 11 is 3.73. The SMILES string of the molecule is COPS. The molecule has 0 amide bonds. The highest BCUT2D eigenvalue weighted by Gasteiger charge is 1.52. The average molecular weight is 96.1 g/mol. The van der Waals surface area contributed by atoms with Crippen LogP contribution in [0.15, 0.2) is 0 Å². The third-order valence-corrected chi connectivity index (χ3v) is 0.822. The maximum Gasteiger partial charge on any atom is 0.0709 e. The zero-order valence-corrected chi connectivity index (χ0v) is 4.25. The fourth-order valence-corrected chi connectivity index (χ4v) is 0. The summed E-state index contributed by atoms with van der Waals surface area (Å²) in [6, 6.07) is 0. The minimum atomic E-state index is 0.335. The van der Waals surface area contributed by atoms with E-state index in [0.29, 0.717) is 8.01 Å². The Hall–Kier alpha value is 0.740. The highest BCUT2D eigenvalue weighted by atomic mass is 32.7. The molecule has 0 spiro atoms. The van der Waals surface area contributed by atoms with E-state index in [1.807, 2.05) is 0 Å². The van der Waals surface area contributed by atoms with Crippen LogP contribution in [0.25, 0.3) is 0 Å². The Morgan fingerprint density at radius 2 is 2.25 bits per heavy atom. The van der Waals surface area contributed by atoms with E-state index in [-0.39, 0.29) is 0 Å². The van der Waals surface area contributed by atoms with Crippen LogP contribution in [0.1, 0.15) is 0 Å². The molecule has 0 rings (SSSR count). The molecule has 1 nitrogen and oxygen atoms in total. The summed E-state index contributed by atoms with van der Waals surface area (Å²) in [4.78, 5) is 0. The lowest BCUT2D eigenvalue weighted by molar-refractivity contribution is 0.485. The van der Waals surface area contributed by atoms with Gasteiger partial charge in [-0.25, -0.2) is 0 Å². The van der Waals surface area contributed by atoms with Gasteiger partial charge in [-0.3, -0.25) is 0 Å². The van der Waals surface area contributed by atoms with Gasteiger partial charge in [0.2, 0.25) is 0 Å². The fraction of sp³-hybridized carbons (Fsp3) is 1.00. The Balaban J connectivity index is 1.97. The maximum absolute atomic E-state index is 4.43. The van der Waals surface area contributed by atoms with Gasteiger partial charge >= 0.3 is 0 Å². The highest BCUT2D eigenvalue weighted by molar-refractivity contribution is 8.36. The van der Waals surface area contributed by atoms with Gasteiger partial charge in [-0.05, 0) is 0 Å². The van der Waals surface area contributed by atoms with Crippen LogP contribution in [0, 0.1) is 0 Å². The molecular weight excluding hydrogens is 91.1 g/mol. The second-order valence-electron chi connectivity index (χ2n) is 0.295. The lowest BCUT2D eigenvalue weighted by Gasteiger charge is -1.75. The third-order valence-electron chi connectivity index (χ3n) is 0.0913. The Labute approximate surface area is 32.8 Å². The first-order valence-electron chi connectivity index (χ1n) is 0.836. The predicted molar refractivity (Wildman–Crippen MR) is 24.3 cm³/mol. The van der Waals surface area contributed by atoms with Gasteiger partial charge in [0.15, 0.2) is 0 Å². The van der Waals surface area contributed by atoms with Crippen LogP contribution in [-0.4, -0.2) is 7.11 Å². The summed E-state index contributed by atoms with van der Waals surface area (Å²) in [5, 5.41) is 0. The van der Waals surface area contributed by atoms with Gasteiger partial charge in [0.05, 0.1) is 8.01 Å². The van der Waals surface area contributed by atoms with Crippen molar-refractivity contribution in [3.63, 3.8) is 0 Å². The lowest BCUT2D eigenvalue weighted by Crippen LogP contribution is -1.43. The molecule has 0 bridgehead atoms. The number of thiol groups is 1. The van der Waals surface area contributed by atoms with Crippen molar-refractivity contribution in [2.24, 2.45) is 0 Å². The number of rotatable bonds is 1. The molecule has 0 aromatic carbocycles. The van der Waals surface area contributed by atoms with E-state index >= 15 is 0 Å². The summed E-state index contributed by atoms with van der Waals surface area (Å²) in [6.07, 6.45) is 0. The number of hydrogen-bond donors (Lipinski definition) is 1. The second-order valence-corrected chi connectivity index (χ2v) is 1.43. The van der Waals surface area contributed by atoms with Crippen LogP contribution in [0.2, 0.25) is 0 Å². The van der Waals surface area contributed by atoms with Crippen LogP contribution < -0.4 is 0 Å². The van der Waals surface area contributed by atoms with Crippen LogP contribution >= 0.6 is 20.3 Å². The largest absolute Gasteiger partial charge is 0.355 e. The molecule has 0 saturated heterocycles. The normalized spacial score (nSPS) is 10.5.